The highest BCUT2D eigenvalue weighted by molar-refractivity contribution is 7.80. The van der Waals surface area contributed by atoms with Crippen molar-refractivity contribution in [3.63, 3.8) is 0 Å². The first-order chi connectivity index (χ1) is 8.43. The maximum Gasteiger partial charge on any atom is 0.223 e. The van der Waals surface area contributed by atoms with Crippen molar-refractivity contribution in [2.75, 3.05) is 11.9 Å². The second-order valence-corrected chi connectivity index (χ2v) is 5.89. The Kier molecular flexibility index (Phi) is 3.52. The first-order valence-electron chi connectivity index (χ1n) is 6.32. The maximum atomic E-state index is 5.61. The lowest BCUT2D eigenvalue weighted by Gasteiger charge is -2.20. The molecule has 0 atom stereocenters. The predicted molar refractivity (Wildman–Crippen MR) is 77.7 cm³/mol. The lowest BCUT2D eigenvalue weighted by Crippen LogP contribution is -2.23. The molecule has 0 saturated heterocycles. The third-order valence-corrected chi connectivity index (χ3v) is 4.03. The molecule has 1 aliphatic rings. The lowest BCUT2D eigenvalue weighted by atomic mass is 9.92. The van der Waals surface area contributed by atoms with Crippen molar-refractivity contribution < 1.29 is 0 Å². The fourth-order valence-corrected chi connectivity index (χ4v) is 2.25. The van der Waals surface area contributed by atoms with E-state index < -0.39 is 0 Å². The van der Waals surface area contributed by atoms with Gasteiger partial charge < -0.3 is 11.1 Å². The second-order valence-electron chi connectivity index (χ2n) is 5.45. The summed E-state index contributed by atoms with van der Waals surface area (Å²) >= 11 is 4.95. The average molecular weight is 264 g/mol. The van der Waals surface area contributed by atoms with Gasteiger partial charge in [-0.15, -0.1) is 0 Å². The molecule has 1 aromatic rings. The molecule has 0 radical (unpaired) electrons. The van der Waals surface area contributed by atoms with Crippen molar-refractivity contribution in [3.8, 4) is 0 Å². The first-order valence-corrected chi connectivity index (χ1v) is 6.73. The number of hydrogen-bond acceptors (Lipinski definition) is 4. The maximum absolute atomic E-state index is 5.61. The first kappa shape index (κ1) is 13.2. The Hall–Kier alpha value is -1.23. The minimum Gasteiger partial charge on any atom is -0.388 e. The van der Waals surface area contributed by atoms with Gasteiger partial charge in [-0.3, -0.25) is 0 Å². The Morgan fingerprint density at radius 3 is 2.67 bits per heavy atom. The van der Waals surface area contributed by atoms with E-state index in [0.717, 1.165) is 12.2 Å². The Morgan fingerprint density at radius 2 is 2.17 bits per heavy atom. The highest BCUT2D eigenvalue weighted by atomic mass is 32.1. The molecule has 4 nitrogen and oxygen atoms in total. The standard InChI is InChI=1S/C13H20N4S/c1-8(2)13(4-5-13)7-15-12-16-9(3)6-10(17-12)11(14)18/h6,8H,4-5,7H2,1-3H3,(H2,14,18)(H,15,16,17). The highest BCUT2D eigenvalue weighted by Gasteiger charge is 2.45. The summed E-state index contributed by atoms with van der Waals surface area (Å²) in [5, 5.41) is 3.33. The van der Waals surface area contributed by atoms with E-state index in [1.807, 2.05) is 13.0 Å². The van der Waals surface area contributed by atoms with Gasteiger partial charge in [-0.1, -0.05) is 26.1 Å². The fraction of sp³-hybridized carbons (Fsp3) is 0.615. The van der Waals surface area contributed by atoms with Gasteiger partial charge in [-0.25, -0.2) is 9.97 Å². The Balaban J connectivity index is 2.08. The van der Waals surface area contributed by atoms with Crippen molar-refractivity contribution in [1.82, 2.24) is 9.97 Å². The molecular formula is C13H20N4S. The van der Waals surface area contributed by atoms with Crippen LogP contribution < -0.4 is 11.1 Å². The minimum absolute atomic E-state index is 0.313. The largest absolute Gasteiger partial charge is 0.388 e. The van der Waals surface area contributed by atoms with Gasteiger partial charge in [0.25, 0.3) is 0 Å². The summed E-state index contributed by atoms with van der Waals surface area (Å²) < 4.78 is 0. The van der Waals surface area contributed by atoms with Crippen LogP contribution in [0.4, 0.5) is 5.95 Å². The SMILES string of the molecule is Cc1cc(C(N)=S)nc(NCC2(C(C)C)CC2)n1. The third-order valence-electron chi connectivity index (χ3n) is 3.82. The fourth-order valence-electron chi connectivity index (χ4n) is 2.15. The predicted octanol–water partition coefficient (Wildman–Crippen LogP) is 2.27. The topological polar surface area (TPSA) is 63.8 Å². The molecule has 0 spiro atoms. The van der Waals surface area contributed by atoms with E-state index in [1.54, 1.807) is 0 Å². The molecule has 1 heterocycles. The average Bonchev–Trinajstić information content (AvgIpc) is 3.06. The van der Waals surface area contributed by atoms with Gasteiger partial charge in [0, 0.05) is 12.2 Å². The van der Waals surface area contributed by atoms with E-state index in [-0.39, 0.29) is 0 Å². The molecule has 18 heavy (non-hydrogen) atoms. The van der Waals surface area contributed by atoms with Crippen molar-refractivity contribution in [3.05, 3.63) is 17.5 Å². The molecule has 0 bridgehead atoms. The van der Waals surface area contributed by atoms with Crippen LogP contribution in [0.5, 0.6) is 0 Å². The van der Waals surface area contributed by atoms with Gasteiger partial charge in [0.05, 0.1) is 0 Å². The number of thiocarbonyl (C=S) groups is 1. The Morgan fingerprint density at radius 1 is 1.50 bits per heavy atom. The normalized spacial score (nSPS) is 16.7. The molecule has 98 valence electrons. The summed E-state index contributed by atoms with van der Waals surface area (Å²) in [7, 11) is 0. The van der Waals surface area contributed by atoms with Crippen LogP contribution in [0.3, 0.4) is 0 Å². The third kappa shape index (κ3) is 2.77. The molecular weight excluding hydrogens is 244 g/mol. The van der Waals surface area contributed by atoms with Crippen molar-refractivity contribution in [2.45, 2.75) is 33.6 Å². The quantitative estimate of drug-likeness (QED) is 0.799. The lowest BCUT2D eigenvalue weighted by molar-refractivity contribution is 0.379. The molecule has 3 N–H and O–H groups in total. The zero-order chi connectivity index (χ0) is 13.3. The number of aromatic nitrogens is 2. The van der Waals surface area contributed by atoms with Crippen molar-refractivity contribution in [2.24, 2.45) is 17.1 Å². The molecule has 0 aliphatic heterocycles. The van der Waals surface area contributed by atoms with Crippen LogP contribution in [0.15, 0.2) is 6.07 Å². The molecule has 1 aromatic heterocycles. The molecule has 1 aliphatic carbocycles. The molecule has 5 heteroatoms. The Bertz CT molecular complexity index is 466. The smallest absolute Gasteiger partial charge is 0.223 e. The van der Waals surface area contributed by atoms with Gasteiger partial charge in [0.15, 0.2) is 0 Å². The van der Waals surface area contributed by atoms with Gasteiger partial charge >= 0.3 is 0 Å². The summed E-state index contributed by atoms with van der Waals surface area (Å²) in [5.41, 5.74) is 7.55. The van der Waals surface area contributed by atoms with Crippen LogP contribution in [-0.4, -0.2) is 21.5 Å². The number of rotatable bonds is 5. The van der Waals surface area contributed by atoms with E-state index in [9.17, 15) is 0 Å². The van der Waals surface area contributed by atoms with Gasteiger partial charge in [0.2, 0.25) is 5.95 Å². The molecule has 0 unspecified atom stereocenters. The second kappa shape index (κ2) is 4.80. The van der Waals surface area contributed by atoms with Crippen molar-refractivity contribution in [1.29, 1.82) is 0 Å². The molecule has 0 amide bonds. The molecule has 2 rings (SSSR count). The molecule has 1 saturated carbocycles. The zero-order valence-electron chi connectivity index (χ0n) is 11.2. The van der Waals surface area contributed by atoms with E-state index >= 15 is 0 Å². The van der Waals surface area contributed by atoms with Crippen LogP contribution in [-0.2, 0) is 0 Å². The van der Waals surface area contributed by atoms with E-state index in [4.69, 9.17) is 18.0 Å². The highest BCUT2D eigenvalue weighted by Crippen LogP contribution is 2.51. The number of nitrogens with zero attached hydrogens (tertiary/aromatic N) is 2. The number of aryl methyl sites for hydroxylation is 1. The Labute approximate surface area is 113 Å². The number of anilines is 1. The van der Waals surface area contributed by atoms with Crippen LogP contribution in [0.1, 0.15) is 38.1 Å². The summed E-state index contributed by atoms with van der Waals surface area (Å²) in [6, 6.07) is 1.81. The number of hydrogen-bond donors (Lipinski definition) is 2. The summed E-state index contributed by atoms with van der Waals surface area (Å²) in [5.74, 6) is 1.31. The number of nitrogens with one attached hydrogen (secondary N) is 1. The summed E-state index contributed by atoms with van der Waals surface area (Å²) in [4.78, 5) is 9.02. The molecule has 0 aromatic carbocycles. The number of nitrogens with two attached hydrogens (primary N) is 1. The van der Waals surface area contributed by atoms with Gasteiger partial charge in [-0.05, 0) is 37.2 Å². The van der Waals surface area contributed by atoms with Crippen LogP contribution in [0.25, 0.3) is 0 Å². The van der Waals surface area contributed by atoms with E-state index in [2.05, 4.69) is 29.1 Å². The minimum atomic E-state index is 0.313. The molecule has 1 fully saturated rings. The van der Waals surface area contributed by atoms with Crippen LogP contribution >= 0.6 is 12.2 Å². The summed E-state index contributed by atoms with van der Waals surface area (Å²) in [6.07, 6.45) is 2.57. The summed E-state index contributed by atoms with van der Waals surface area (Å²) in [6.45, 7) is 7.38. The zero-order valence-corrected chi connectivity index (χ0v) is 12.0. The van der Waals surface area contributed by atoms with E-state index in [0.29, 0.717) is 28.0 Å². The van der Waals surface area contributed by atoms with E-state index in [1.165, 1.54) is 12.8 Å². The van der Waals surface area contributed by atoms with Crippen LogP contribution in [0.2, 0.25) is 0 Å². The van der Waals surface area contributed by atoms with Gasteiger partial charge in [0.1, 0.15) is 10.7 Å². The van der Waals surface area contributed by atoms with Crippen molar-refractivity contribution >= 4 is 23.2 Å². The monoisotopic (exact) mass is 264 g/mol. The van der Waals surface area contributed by atoms with Crippen LogP contribution in [0, 0.1) is 18.3 Å². The van der Waals surface area contributed by atoms with Gasteiger partial charge in [-0.2, -0.15) is 0 Å².